The fourth-order valence-electron chi connectivity index (χ4n) is 11.1. The number of esters is 1. The lowest BCUT2D eigenvalue weighted by Crippen LogP contribution is -2.45. The van der Waals surface area contributed by atoms with E-state index < -0.39 is 12.1 Å². The summed E-state index contributed by atoms with van der Waals surface area (Å²) in [5.41, 5.74) is 0. The third-order valence-electron chi connectivity index (χ3n) is 16.6. The molecule has 0 bridgehead atoms. The van der Waals surface area contributed by atoms with Crippen molar-refractivity contribution in [2.45, 2.75) is 398 Å². The number of unbranched alkanes of at least 4 members (excludes halogenated alkanes) is 50. The summed E-state index contributed by atoms with van der Waals surface area (Å²) in [4.78, 5) is 24.5. The average molecular weight is 1120 g/mol. The zero-order valence-electron chi connectivity index (χ0n) is 53.8. The van der Waals surface area contributed by atoms with E-state index in [1.54, 1.807) is 6.08 Å². The molecule has 0 aliphatic rings. The fourth-order valence-corrected chi connectivity index (χ4v) is 11.1. The first-order valence-electron chi connectivity index (χ1n) is 35.9. The van der Waals surface area contributed by atoms with E-state index in [-0.39, 0.29) is 18.5 Å². The Morgan fingerprint density at radius 2 is 0.637 bits per heavy atom. The fraction of sp³-hybridized carbons (Fsp3) is 0.865. The minimum absolute atomic E-state index is 0.00893. The van der Waals surface area contributed by atoms with Crippen LogP contribution in [0.15, 0.2) is 48.6 Å². The van der Waals surface area contributed by atoms with Crippen LogP contribution in [0.5, 0.6) is 0 Å². The summed E-state index contributed by atoms with van der Waals surface area (Å²) in [6.45, 7) is 4.88. The third kappa shape index (κ3) is 65.0. The van der Waals surface area contributed by atoms with Gasteiger partial charge in [-0.25, -0.2) is 0 Å². The second kappa shape index (κ2) is 69.3. The van der Waals surface area contributed by atoms with Gasteiger partial charge in [0.25, 0.3) is 0 Å². The standard InChI is InChI=1S/C74H139NO5/c1-3-5-7-9-11-13-15-43-47-50-54-58-62-66-72(77)71(70-76)75-73(78)67-63-59-55-51-48-44-41-39-37-35-33-31-29-27-25-23-21-19-17-16-18-20-22-24-26-28-30-32-34-36-38-40-42-45-49-53-57-61-65-69-80-74(79)68-64-60-56-52-46-14-12-10-8-6-4-2/h10,12,16-17,20,22,62,66,71-72,76-77H,3-9,11,13-15,18-19,21,23-61,63-65,67-70H2,1-2H3,(H,75,78)/b12-10-,17-16-,22-20-,66-62+. The zero-order chi connectivity index (χ0) is 57.8. The van der Waals surface area contributed by atoms with Crippen molar-refractivity contribution in [1.82, 2.24) is 5.32 Å². The summed E-state index contributed by atoms with van der Waals surface area (Å²) in [6, 6.07) is -0.625. The van der Waals surface area contributed by atoms with Crippen molar-refractivity contribution >= 4 is 11.9 Å². The van der Waals surface area contributed by atoms with Gasteiger partial charge in [0.15, 0.2) is 0 Å². The zero-order valence-corrected chi connectivity index (χ0v) is 53.8. The molecule has 2 atom stereocenters. The van der Waals surface area contributed by atoms with E-state index >= 15 is 0 Å². The molecule has 0 aliphatic carbocycles. The van der Waals surface area contributed by atoms with Gasteiger partial charge in [0.05, 0.1) is 25.4 Å². The molecule has 2 unspecified atom stereocenters. The van der Waals surface area contributed by atoms with Crippen LogP contribution in [0.25, 0.3) is 0 Å². The van der Waals surface area contributed by atoms with Gasteiger partial charge in [-0.1, -0.05) is 339 Å². The normalized spacial score (nSPS) is 12.8. The molecule has 470 valence electrons. The van der Waals surface area contributed by atoms with Gasteiger partial charge in [0.2, 0.25) is 5.91 Å². The van der Waals surface area contributed by atoms with Gasteiger partial charge in [0, 0.05) is 12.8 Å². The lowest BCUT2D eigenvalue weighted by Gasteiger charge is -2.20. The van der Waals surface area contributed by atoms with Crippen LogP contribution in [0.1, 0.15) is 386 Å². The molecule has 0 saturated heterocycles. The molecule has 6 heteroatoms. The Balaban J connectivity index is 3.36. The Morgan fingerprint density at radius 3 is 1.00 bits per heavy atom. The summed E-state index contributed by atoms with van der Waals surface area (Å²) >= 11 is 0. The summed E-state index contributed by atoms with van der Waals surface area (Å²) in [5, 5.41) is 23.1. The maximum absolute atomic E-state index is 12.5. The average Bonchev–Trinajstić information content (AvgIpc) is 3.46. The van der Waals surface area contributed by atoms with Crippen LogP contribution < -0.4 is 5.32 Å². The Hall–Kier alpha value is -2.18. The number of aliphatic hydroxyl groups excluding tert-OH is 2. The number of ether oxygens (including phenoxy) is 1. The topological polar surface area (TPSA) is 95.9 Å². The van der Waals surface area contributed by atoms with Crippen LogP contribution in [0, 0.1) is 0 Å². The predicted molar refractivity (Wildman–Crippen MR) is 352 cm³/mol. The van der Waals surface area contributed by atoms with E-state index in [0.29, 0.717) is 19.4 Å². The molecule has 1 amide bonds. The smallest absolute Gasteiger partial charge is 0.305 e. The number of aliphatic hydroxyl groups is 2. The SMILES string of the molecule is CCCC/C=C\CCCCCCCC(=O)OCCCCCCCCCCCCCCCCC/C=C\C/C=C\CCCCCCCCCCCCCCCCCCCC(=O)NC(CO)C(O)/C=C/CCCCCCCCCCCCC. The Bertz CT molecular complexity index is 1340. The van der Waals surface area contributed by atoms with E-state index in [9.17, 15) is 19.8 Å². The second-order valence-corrected chi connectivity index (χ2v) is 24.6. The number of carbonyl (C=O) groups is 2. The van der Waals surface area contributed by atoms with Gasteiger partial charge in [-0.15, -0.1) is 0 Å². The third-order valence-corrected chi connectivity index (χ3v) is 16.6. The van der Waals surface area contributed by atoms with E-state index in [4.69, 9.17) is 4.74 Å². The highest BCUT2D eigenvalue weighted by Crippen LogP contribution is 2.18. The van der Waals surface area contributed by atoms with Crippen molar-refractivity contribution in [3.8, 4) is 0 Å². The molecule has 0 spiro atoms. The number of amides is 1. The minimum Gasteiger partial charge on any atom is -0.466 e. The molecule has 0 aromatic carbocycles. The molecule has 0 saturated carbocycles. The molecule has 0 rings (SSSR count). The monoisotopic (exact) mass is 1120 g/mol. The Kier molecular flexibility index (Phi) is 67.4. The van der Waals surface area contributed by atoms with Crippen LogP contribution in [0.3, 0.4) is 0 Å². The Labute approximate surface area is 499 Å². The van der Waals surface area contributed by atoms with Gasteiger partial charge in [0.1, 0.15) is 0 Å². The predicted octanol–water partition coefficient (Wildman–Crippen LogP) is 23.3. The van der Waals surface area contributed by atoms with Crippen LogP contribution in [0.2, 0.25) is 0 Å². The van der Waals surface area contributed by atoms with Crippen LogP contribution in [-0.4, -0.2) is 47.4 Å². The summed E-state index contributed by atoms with van der Waals surface area (Å²) in [6.07, 6.45) is 90.7. The van der Waals surface area contributed by atoms with Crippen LogP contribution in [-0.2, 0) is 14.3 Å². The summed E-state index contributed by atoms with van der Waals surface area (Å²) in [5.74, 6) is -0.0549. The Morgan fingerprint density at radius 1 is 0.350 bits per heavy atom. The molecular weight excluding hydrogens is 983 g/mol. The lowest BCUT2D eigenvalue weighted by molar-refractivity contribution is -0.143. The maximum Gasteiger partial charge on any atom is 0.305 e. The summed E-state index contributed by atoms with van der Waals surface area (Å²) in [7, 11) is 0. The van der Waals surface area contributed by atoms with Crippen molar-refractivity contribution in [3.05, 3.63) is 48.6 Å². The lowest BCUT2D eigenvalue weighted by atomic mass is 10.0. The van der Waals surface area contributed by atoms with Crippen molar-refractivity contribution in [1.29, 1.82) is 0 Å². The van der Waals surface area contributed by atoms with Crippen LogP contribution in [0.4, 0.5) is 0 Å². The number of allylic oxidation sites excluding steroid dienone is 7. The number of carbonyl (C=O) groups excluding carboxylic acids is 2. The molecule has 0 radical (unpaired) electrons. The molecule has 6 nitrogen and oxygen atoms in total. The van der Waals surface area contributed by atoms with Crippen molar-refractivity contribution in [3.63, 3.8) is 0 Å². The van der Waals surface area contributed by atoms with E-state index in [0.717, 1.165) is 51.4 Å². The first kappa shape index (κ1) is 77.8. The van der Waals surface area contributed by atoms with E-state index in [2.05, 4.69) is 55.6 Å². The number of hydrogen-bond acceptors (Lipinski definition) is 5. The number of hydrogen-bond donors (Lipinski definition) is 3. The number of nitrogens with one attached hydrogen (secondary N) is 1. The van der Waals surface area contributed by atoms with Crippen molar-refractivity contribution < 1.29 is 24.5 Å². The highest BCUT2D eigenvalue weighted by atomic mass is 16.5. The number of rotatable bonds is 67. The first-order valence-corrected chi connectivity index (χ1v) is 35.9. The molecule has 3 N–H and O–H groups in total. The molecular formula is C74H139NO5. The van der Waals surface area contributed by atoms with Crippen molar-refractivity contribution in [2.24, 2.45) is 0 Å². The molecule has 0 aliphatic heterocycles. The van der Waals surface area contributed by atoms with Gasteiger partial charge < -0.3 is 20.3 Å². The van der Waals surface area contributed by atoms with Gasteiger partial charge >= 0.3 is 5.97 Å². The molecule has 0 heterocycles. The minimum atomic E-state index is -0.842. The van der Waals surface area contributed by atoms with Gasteiger partial charge in [-0.05, 0) is 83.5 Å². The van der Waals surface area contributed by atoms with Gasteiger partial charge in [-0.3, -0.25) is 9.59 Å². The van der Waals surface area contributed by atoms with E-state index in [1.807, 2.05) is 6.08 Å². The molecule has 0 aromatic rings. The largest absolute Gasteiger partial charge is 0.466 e. The molecule has 0 aromatic heterocycles. The van der Waals surface area contributed by atoms with Crippen LogP contribution >= 0.6 is 0 Å². The first-order chi connectivity index (χ1) is 39.5. The quantitative estimate of drug-likeness (QED) is 0.0320. The second-order valence-electron chi connectivity index (χ2n) is 24.6. The molecule has 0 fully saturated rings. The molecule has 80 heavy (non-hydrogen) atoms. The van der Waals surface area contributed by atoms with Crippen molar-refractivity contribution in [2.75, 3.05) is 13.2 Å². The summed E-state index contributed by atoms with van der Waals surface area (Å²) < 4.78 is 5.47. The maximum atomic E-state index is 12.5. The van der Waals surface area contributed by atoms with E-state index in [1.165, 1.54) is 308 Å². The highest BCUT2D eigenvalue weighted by molar-refractivity contribution is 5.76. The van der Waals surface area contributed by atoms with Gasteiger partial charge in [-0.2, -0.15) is 0 Å². The highest BCUT2D eigenvalue weighted by Gasteiger charge is 2.18.